The van der Waals surface area contributed by atoms with Crippen molar-refractivity contribution in [2.24, 2.45) is 0 Å². The van der Waals surface area contributed by atoms with Gasteiger partial charge in [0.2, 0.25) is 0 Å². The lowest BCUT2D eigenvalue weighted by molar-refractivity contribution is 0.0653. The van der Waals surface area contributed by atoms with Crippen molar-refractivity contribution in [2.45, 2.75) is 52.1 Å². The number of halogens is 3. The summed E-state index contributed by atoms with van der Waals surface area (Å²) in [5.74, 6) is -2.85. The van der Waals surface area contributed by atoms with Gasteiger partial charge in [0.25, 0.3) is 5.92 Å². The van der Waals surface area contributed by atoms with Crippen LogP contribution in [0.15, 0.2) is 73.3 Å². The van der Waals surface area contributed by atoms with Crippen LogP contribution in [0.4, 0.5) is 24.7 Å². The van der Waals surface area contributed by atoms with Crippen molar-refractivity contribution >= 4 is 22.5 Å². The molecular formula is C29H31F3N6. The van der Waals surface area contributed by atoms with Crippen LogP contribution in [0.2, 0.25) is 0 Å². The van der Waals surface area contributed by atoms with Crippen molar-refractivity contribution in [3.05, 3.63) is 90.2 Å². The number of hydrogen-bond donors (Lipinski definition) is 3. The smallest absolute Gasteiger partial charge is 0.284 e. The van der Waals surface area contributed by atoms with E-state index in [0.29, 0.717) is 35.1 Å². The molecule has 3 aromatic heterocycles. The minimum Gasteiger partial charge on any atom is -0.358 e. The number of H-pyrrole nitrogens is 1. The molecule has 38 heavy (non-hydrogen) atoms. The molecule has 0 amide bonds. The summed E-state index contributed by atoms with van der Waals surface area (Å²) in [6.07, 6.45) is 4.60. The Kier molecular flexibility index (Phi) is 7.31. The van der Waals surface area contributed by atoms with Gasteiger partial charge < -0.3 is 10.6 Å². The molecule has 1 aromatic carbocycles. The number of anilines is 2. The largest absolute Gasteiger partial charge is 0.358 e. The number of aromatic nitrogens is 4. The molecule has 4 rings (SSSR count). The predicted octanol–water partition coefficient (Wildman–Crippen LogP) is 7.54. The highest BCUT2D eigenvalue weighted by Gasteiger charge is 2.27. The van der Waals surface area contributed by atoms with Gasteiger partial charge in [0.1, 0.15) is 5.67 Å². The average Bonchev–Trinajstić information content (AvgIpc) is 3.25. The van der Waals surface area contributed by atoms with Gasteiger partial charge in [0.15, 0.2) is 11.5 Å². The molecule has 0 radical (unpaired) electrons. The Labute approximate surface area is 220 Å². The first kappa shape index (κ1) is 26.9. The Bertz CT molecular complexity index is 1480. The molecule has 4 aromatic rings. The van der Waals surface area contributed by atoms with Crippen LogP contribution in [-0.2, 0) is 18.5 Å². The lowest BCUT2D eigenvalue weighted by Gasteiger charge is -2.20. The van der Waals surface area contributed by atoms with Crippen LogP contribution in [-0.4, -0.2) is 26.1 Å². The number of benzene rings is 1. The molecule has 198 valence electrons. The molecule has 9 heteroatoms. The fourth-order valence-electron chi connectivity index (χ4n) is 4.08. The molecule has 0 saturated carbocycles. The van der Waals surface area contributed by atoms with Crippen molar-refractivity contribution in [2.75, 3.05) is 10.6 Å². The van der Waals surface area contributed by atoms with E-state index in [0.717, 1.165) is 35.0 Å². The normalized spacial score (nSPS) is 12.0. The average molecular weight is 521 g/mol. The van der Waals surface area contributed by atoms with Gasteiger partial charge in [-0.1, -0.05) is 44.3 Å². The highest BCUT2D eigenvalue weighted by Crippen LogP contribution is 2.31. The van der Waals surface area contributed by atoms with Crippen LogP contribution in [0, 0.1) is 0 Å². The van der Waals surface area contributed by atoms with Crippen molar-refractivity contribution in [1.82, 2.24) is 20.2 Å². The monoisotopic (exact) mass is 520 g/mol. The third-order valence-corrected chi connectivity index (χ3v) is 6.19. The van der Waals surface area contributed by atoms with Crippen molar-refractivity contribution in [3.63, 3.8) is 0 Å². The van der Waals surface area contributed by atoms with E-state index < -0.39 is 17.3 Å². The summed E-state index contributed by atoms with van der Waals surface area (Å²) in [4.78, 5) is 8.79. The zero-order valence-corrected chi connectivity index (χ0v) is 21.9. The first-order valence-electron chi connectivity index (χ1n) is 12.3. The second-order valence-electron chi connectivity index (χ2n) is 9.83. The summed E-state index contributed by atoms with van der Waals surface area (Å²) in [6.45, 7) is 13.3. The fraction of sp³-hybridized carbons (Fsp3) is 0.276. The number of allylic oxidation sites excluding steroid dienone is 2. The highest BCUT2D eigenvalue weighted by molar-refractivity contribution is 5.91. The minimum atomic E-state index is -3.09. The van der Waals surface area contributed by atoms with Crippen LogP contribution in [0.5, 0.6) is 0 Å². The first-order chi connectivity index (χ1) is 17.8. The number of nitrogens with one attached hydrogen (secondary N) is 3. The number of nitrogens with zero attached hydrogens (tertiary/aromatic N) is 3. The summed E-state index contributed by atoms with van der Waals surface area (Å²) < 4.78 is 41.8. The molecule has 0 aliphatic rings. The minimum absolute atomic E-state index is 0.237. The first-order valence-corrected chi connectivity index (χ1v) is 12.3. The van der Waals surface area contributed by atoms with E-state index >= 15 is 0 Å². The van der Waals surface area contributed by atoms with E-state index in [1.165, 1.54) is 13.8 Å². The lowest BCUT2D eigenvalue weighted by atomic mass is 9.96. The van der Waals surface area contributed by atoms with E-state index in [4.69, 9.17) is 0 Å². The maximum Gasteiger partial charge on any atom is 0.284 e. The molecule has 6 nitrogen and oxygen atoms in total. The molecule has 0 bridgehead atoms. The molecular weight excluding hydrogens is 489 g/mol. The Balaban J connectivity index is 1.47. The van der Waals surface area contributed by atoms with Gasteiger partial charge in [-0.05, 0) is 43.5 Å². The number of hydrogen-bond acceptors (Lipinski definition) is 5. The maximum atomic E-state index is 14.7. The fourth-order valence-corrected chi connectivity index (χ4v) is 4.08. The predicted molar refractivity (Wildman–Crippen MR) is 147 cm³/mol. The van der Waals surface area contributed by atoms with Crippen LogP contribution >= 0.6 is 0 Å². The van der Waals surface area contributed by atoms with Crippen LogP contribution < -0.4 is 10.6 Å². The van der Waals surface area contributed by atoms with Crippen molar-refractivity contribution < 1.29 is 13.2 Å². The molecule has 3 heterocycles. The Morgan fingerprint density at radius 2 is 1.66 bits per heavy atom. The highest BCUT2D eigenvalue weighted by atomic mass is 19.3. The van der Waals surface area contributed by atoms with E-state index in [1.807, 2.05) is 37.3 Å². The van der Waals surface area contributed by atoms with Gasteiger partial charge >= 0.3 is 0 Å². The summed E-state index contributed by atoms with van der Waals surface area (Å²) in [5, 5.41) is 13.2. The van der Waals surface area contributed by atoms with Gasteiger partial charge in [0.05, 0.1) is 23.0 Å². The summed E-state index contributed by atoms with van der Waals surface area (Å²) >= 11 is 0. The molecule has 0 aliphatic heterocycles. The zero-order valence-electron chi connectivity index (χ0n) is 21.9. The molecule has 0 saturated heterocycles. The molecule has 0 aliphatic carbocycles. The quantitative estimate of drug-likeness (QED) is 0.201. The number of alkyl halides is 3. The number of fused-ring (bicyclic) bond motifs is 1. The van der Waals surface area contributed by atoms with E-state index in [-0.39, 0.29) is 5.82 Å². The molecule has 0 spiro atoms. The number of aryl methyl sites for hydroxylation is 1. The van der Waals surface area contributed by atoms with Crippen molar-refractivity contribution in [3.8, 4) is 11.1 Å². The number of rotatable bonds is 10. The third-order valence-electron chi connectivity index (χ3n) is 6.19. The van der Waals surface area contributed by atoms with Gasteiger partial charge in [-0.25, -0.2) is 18.2 Å². The van der Waals surface area contributed by atoms with E-state index in [9.17, 15) is 13.2 Å². The zero-order chi connectivity index (χ0) is 27.7. The Morgan fingerprint density at radius 3 is 2.29 bits per heavy atom. The second-order valence-corrected chi connectivity index (χ2v) is 9.83. The second kappa shape index (κ2) is 10.3. The van der Waals surface area contributed by atoms with Gasteiger partial charge in [0, 0.05) is 42.1 Å². The molecule has 3 N–H and O–H groups in total. The summed E-state index contributed by atoms with van der Waals surface area (Å²) in [5.41, 5.74) is 4.02. The van der Waals surface area contributed by atoms with Crippen LogP contribution in [0.1, 0.15) is 44.5 Å². The van der Waals surface area contributed by atoms with Gasteiger partial charge in [-0.15, -0.1) is 0 Å². The number of pyridine rings is 2. The SMILES string of the molecule is C=C(Cc1ccc(-c2cnc3[nH]nc(NC(=C)C(C)(F)F)c3c2)cc1)Nc1cnc(CC)c(C(C)(C)F)c1. The number of aromatic amines is 1. The van der Waals surface area contributed by atoms with Crippen molar-refractivity contribution in [1.29, 1.82) is 0 Å². The third kappa shape index (κ3) is 6.04. The summed E-state index contributed by atoms with van der Waals surface area (Å²) in [6, 6.07) is 11.5. The maximum absolute atomic E-state index is 14.7. The van der Waals surface area contributed by atoms with Crippen LogP contribution in [0.3, 0.4) is 0 Å². The molecule has 0 fully saturated rings. The molecule has 0 unspecified atom stereocenters. The topological polar surface area (TPSA) is 78.5 Å². The van der Waals surface area contributed by atoms with Gasteiger partial charge in [-0.2, -0.15) is 5.10 Å². The van der Waals surface area contributed by atoms with E-state index in [1.54, 1.807) is 18.5 Å². The lowest BCUT2D eigenvalue weighted by Crippen LogP contribution is -2.19. The van der Waals surface area contributed by atoms with Crippen LogP contribution in [0.25, 0.3) is 22.2 Å². The Hall–Kier alpha value is -4.14. The van der Waals surface area contributed by atoms with E-state index in [2.05, 4.69) is 44.0 Å². The Morgan fingerprint density at radius 1 is 0.947 bits per heavy atom. The van der Waals surface area contributed by atoms with Gasteiger partial charge in [-0.3, -0.25) is 10.1 Å². The molecule has 0 atom stereocenters. The summed E-state index contributed by atoms with van der Waals surface area (Å²) in [7, 11) is 0. The standard InChI is InChI=1S/C29H31F3N6/c1-7-25-24(28(4,5)30)14-22(16-33-25)35-17(2)12-19-8-10-20(11-9-19)21-13-23-26(34-15-21)37-38-27(23)36-18(3)29(6,31)32/h8-11,13-16,35H,2-3,7,12H2,1,4-6H3,(H2,34,36,37,38).